The summed E-state index contributed by atoms with van der Waals surface area (Å²) in [6, 6.07) is 0.289. The Balaban J connectivity index is 2.11. The monoisotopic (exact) mass is 143 g/mol. The van der Waals surface area contributed by atoms with Gasteiger partial charge in [-0.3, -0.25) is 4.79 Å². The quantitative estimate of drug-likeness (QED) is 0.617. The van der Waals surface area contributed by atoms with E-state index in [1.165, 1.54) is 0 Å². The third kappa shape index (κ3) is 1.70. The van der Waals surface area contributed by atoms with Gasteiger partial charge in [-0.05, 0) is 6.42 Å². The largest absolute Gasteiger partial charge is 0.379 e. The summed E-state index contributed by atoms with van der Waals surface area (Å²) < 4.78 is 5.00. The van der Waals surface area contributed by atoms with E-state index in [1.54, 1.807) is 7.11 Å². The first-order valence-electron chi connectivity index (χ1n) is 3.60. The van der Waals surface area contributed by atoms with Crippen molar-refractivity contribution in [3.63, 3.8) is 0 Å². The molecule has 58 valence electrons. The topological polar surface area (TPSA) is 38.3 Å². The Labute approximate surface area is 60.7 Å². The van der Waals surface area contributed by atoms with Gasteiger partial charge < -0.3 is 10.1 Å². The second-order valence-corrected chi connectivity index (χ2v) is 2.54. The molecule has 10 heavy (non-hydrogen) atoms. The van der Waals surface area contributed by atoms with Crippen LogP contribution in [0.4, 0.5) is 0 Å². The number of amides is 1. The first-order chi connectivity index (χ1) is 4.77. The number of rotatable bonds is 3. The summed E-state index contributed by atoms with van der Waals surface area (Å²) in [7, 11) is 1.67. The van der Waals surface area contributed by atoms with E-state index in [0.29, 0.717) is 6.42 Å². The fourth-order valence-corrected chi connectivity index (χ4v) is 0.893. The maximum atomic E-state index is 10.8. The molecule has 0 aromatic carbocycles. The van der Waals surface area contributed by atoms with Crippen molar-refractivity contribution in [2.45, 2.75) is 31.9 Å². The van der Waals surface area contributed by atoms with E-state index in [0.717, 1.165) is 6.42 Å². The molecule has 1 N–H and O–H groups in total. The zero-order valence-electron chi connectivity index (χ0n) is 6.39. The van der Waals surface area contributed by atoms with Crippen molar-refractivity contribution in [1.82, 2.24) is 5.32 Å². The minimum absolute atomic E-state index is 0.115. The molecule has 0 unspecified atom stereocenters. The van der Waals surface area contributed by atoms with Crippen LogP contribution in [0.15, 0.2) is 0 Å². The smallest absolute Gasteiger partial charge is 0.220 e. The molecular weight excluding hydrogens is 130 g/mol. The summed E-state index contributed by atoms with van der Waals surface area (Å²) in [6.07, 6.45) is 1.81. The Hall–Kier alpha value is -0.570. The van der Waals surface area contributed by atoms with Crippen molar-refractivity contribution in [3.05, 3.63) is 0 Å². The molecule has 0 aliphatic heterocycles. The molecule has 1 aliphatic rings. The van der Waals surface area contributed by atoms with Gasteiger partial charge in [0.25, 0.3) is 0 Å². The normalized spacial score (nSPS) is 29.8. The Morgan fingerprint density at radius 2 is 2.50 bits per heavy atom. The van der Waals surface area contributed by atoms with Gasteiger partial charge in [0.1, 0.15) is 0 Å². The predicted molar refractivity (Wildman–Crippen MR) is 37.6 cm³/mol. The summed E-state index contributed by atoms with van der Waals surface area (Å²) >= 11 is 0. The van der Waals surface area contributed by atoms with Crippen molar-refractivity contribution in [1.29, 1.82) is 0 Å². The second kappa shape index (κ2) is 3.01. The molecular formula is C7H13NO2. The molecule has 1 amide bonds. The van der Waals surface area contributed by atoms with Gasteiger partial charge in [-0.2, -0.15) is 0 Å². The van der Waals surface area contributed by atoms with Crippen molar-refractivity contribution in [3.8, 4) is 0 Å². The zero-order valence-corrected chi connectivity index (χ0v) is 6.39. The highest BCUT2D eigenvalue weighted by Crippen LogP contribution is 2.23. The third-order valence-corrected chi connectivity index (χ3v) is 1.70. The molecule has 1 saturated carbocycles. The van der Waals surface area contributed by atoms with Crippen LogP contribution in [0.1, 0.15) is 19.8 Å². The minimum atomic E-state index is 0.115. The highest BCUT2D eigenvalue weighted by Gasteiger charge is 2.38. The highest BCUT2D eigenvalue weighted by atomic mass is 16.5. The lowest BCUT2D eigenvalue weighted by Gasteiger charge is -1.99. The van der Waals surface area contributed by atoms with Crippen LogP contribution in [-0.2, 0) is 9.53 Å². The van der Waals surface area contributed by atoms with Gasteiger partial charge in [-0.1, -0.05) is 6.92 Å². The molecule has 1 rings (SSSR count). The van der Waals surface area contributed by atoms with Crippen LogP contribution in [0.2, 0.25) is 0 Å². The molecule has 0 spiro atoms. The maximum absolute atomic E-state index is 10.8. The SMILES string of the molecule is CCC(=O)N[C@@H]1C[C@H]1OC. The molecule has 2 atom stereocenters. The minimum Gasteiger partial charge on any atom is -0.379 e. The van der Waals surface area contributed by atoms with Crippen LogP contribution in [0.3, 0.4) is 0 Å². The lowest BCUT2D eigenvalue weighted by atomic mass is 10.4. The van der Waals surface area contributed by atoms with Crippen LogP contribution in [-0.4, -0.2) is 25.2 Å². The van der Waals surface area contributed by atoms with Gasteiger partial charge in [0.05, 0.1) is 12.1 Å². The fourth-order valence-electron chi connectivity index (χ4n) is 0.893. The number of ether oxygens (including phenoxy) is 1. The predicted octanol–water partition coefficient (Wildman–Crippen LogP) is 0.300. The number of hydrogen-bond acceptors (Lipinski definition) is 2. The lowest BCUT2D eigenvalue weighted by Crippen LogP contribution is -2.26. The van der Waals surface area contributed by atoms with Gasteiger partial charge >= 0.3 is 0 Å². The van der Waals surface area contributed by atoms with Gasteiger partial charge in [-0.25, -0.2) is 0 Å². The van der Waals surface area contributed by atoms with Crippen molar-refractivity contribution >= 4 is 5.91 Å². The fraction of sp³-hybridized carbons (Fsp3) is 0.857. The van der Waals surface area contributed by atoms with E-state index in [4.69, 9.17) is 4.74 Å². The molecule has 3 heteroatoms. The number of nitrogens with one attached hydrogen (secondary N) is 1. The summed E-state index contributed by atoms with van der Waals surface area (Å²) in [5.41, 5.74) is 0. The van der Waals surface area contributed by atoms with Crippen LogP contribution in [0.5, 0.6) is 0 Å². The standard InChI is InChI=1S/C7H13NO2/c1-3-7(9)8-5-4-6(5)10-2/h5-6H,3-4H2,1-2H3,(H,8,9)/t5-,6-/m1/s1. The number of carbonyl (C=O) groups is 1. The Bertz CT molecular complexity index is 136. The Morgan fingerprint density at radius 1 is 1.80 bits per heavy atom. The number of hydrogen-bond donors (Lipinski definition) is 1. The van der Waals surface area contributed by atoms with Gasteiger partial charge in [-0.15, -0.1) is 0 Å². The third-order valence-electron chi connectivity index (χ3n) is 1.70. The summed E-state index contributed by atoms with van der Waals surface area (Å²) in [5.74, 6) is 0.115. The van der Waals surface area contributed by atoms with E-state index in [-0.39, 0.29) is 18.1 Å². The van der Waals surface area contributed by atoms with Crippen molar-refractivity contribution < 1.29 is 9.53 Å². The molecule has 0 aromatic heterocycles. The average Bonchev–Trinajstić information content (AvgIpc) is 2.67. The van der Waals surface area contributed by atoms with Gasteiger partial charge in [0.15, 0.2) is 0 Å². The molecule has 1 fully saturated rings. The maximum Gasteiger partial charge on any atom is 0.220 e. The van der Waals surface area contributed by atoms with Crippen molar-refractivity contribution in [2.24, 2.45) is 0 Å². The average molecular weight is 143 g/mol. The summed E-state index contributed by atoms with van der Waals surface area (Å²) in [4.78, 5) is 10.8. The molecule has 0 radical (unpaired) electrons. The molecule has 0 saturated heterocycles. The van der Waals surface area contributed by atoms with E-state index in [2.05, 4.69) is 5.32 Å². The van der Waals surface area contributed by atoms with Gasteiger partial charge in [0, 0.05) is 13.5 Å². The summed E-state index contributed by atoms with van der Waals surface area (Å²) in [5, 5.41) is 2.84. The van der Waals surface area contributed by atoms with E-state index in [9.17, 15) is 4.79 Å². The first-order valence-corrected chi connectivity index (χ1v) is 3.60. The molecule has 0 heterocycles. The van der Waals surface area contributed by atoms with E-state index >= 15 is 0 Å². The lowest BCUT2D eigenvalue weighted by molar-refractivity contribution is -0.121. The molecule has 0 aromatic rings. The summed E-state index contributed by atoms with van der Waals surface area (Å²) in [6.45, 7) is 1.85. The van der Waals surface area contributed by atoms with Crippen LogP contribution in [0, 0.1) is 0 Å². The zero-order chi connectivity index (χ0) is 7.56. The van der Waals surface area contributed by atoms with E-state index < -0.39 is 0 Å². The highest BCUT2D eigenvalue weighted by molar-refractivity contribution is 5.76. The van der Waals surface area contributed by atoms with E-state index in [1.807, 2.05) is 6.92 Å². The van der Waals surface area contributed by atoms with Gasteiger partial charge in [0.2, 0.25) is 5.91 Å². The Kier molecular flexibility index (Phi) is 2.27. The van der Waals surface area contributed by atoms with Crippen molar-refractivity contribution in [2.75, 3.05) is 7.11 Å². The number of methoxy groups -OCH3 is 1. The second-order valence-electron chi connectivity index (χ2n) is 2.54. The Morgan fingerprint density at radius 3 is 2.90 bits per heavy atom. The number of carbonyl (C=O) groups excluding carboxylic acids is 1. The van der Waals surface area contributed by atoms with Crippen LogP contribution < -0.4 is 5.32 Å². The van der Waals surface area contributed by atoms with Crippen LogP contribution in [0.25, 0.3) is 0 Å². The van der Waals surface area contributed by atoms with Crippen LogP contribution >= 0.6 is 0 Å². The molecule has 1 aliphatic carbocycles. The first kappa shape index (κ1) is 7.54. The molecule has 0 bridgehead atoms. The molecule has 3 nitrogen and oxygen atoms in total.